The number of rotatable bonds is 4. The van der Waals surface area contributed by atoms with Crippen LogP contribution in [-0.2, 0) is 10.2 Å². The van der Waals surface area contributed by atoms with Crippen LogP contribution in [0.5, 0.6) is 0 Å². The summed E-state index contributed by atoms with van der Waals surface area (Å²) in [7, 11) is 0. The van der Waals surface area contributed by atoms with E-state index >= 15 is 0 Å². The Kier molecular flexibility index (Phi) is 4.61. The van der Waals surface area contributed by atoms with E-state index < -0.39 is 0 Å². The Hall–Kier alpha value is -0.900. The third-order valence-electron chi connectivity index (χ3n) is 3.94. The van der Waals surface area contributed by atoms with Gasteiger partial charge < -0.3 is 10.5 Å². The summed E-state index contributed by atoms with van der Waals surface area (Å²) in [6, 6.07) is 10.8. The van der Waals surface area contributed by atoms with Gasteiger partial charge in [-0.15, -0.1) is 0 Å². The highest BCUT2D eigenvalue weighted by atomic mass is 16.5. The first-order chi connectivity index (χ1) is 8.99. The van der Waals surface area contributed by atoms with Crippen molar-refractivity contribution in [3.63, 3.8) is 0 Å². The van der Waals surface area contributed by atoms with E-state index in [1.807, 2.05) is 6.92 Å². The Morgan fingerprint density at radius 3 is 2.68 bits per heavy atom. The average Bonchev–Trinajstić information content (AvgIpc) is 2.39. The number of benzene rings is 1. The van der Waals surface area contributed by atoms with Gasteiger partial charge in [-0.3, -0.25) is 4.90 Å². The SMILES string of the molecule is C[C@@H](N)[C@@H]1CN(CC(C)(C)c2ccccc2)CCO1. The molecule has 0 aromatic heterocycles. The second-order valence-corrected chi connectivity index (χ2v) is 6.25. The van der Waals surface area contributed by atoms with Crippen molar-refractivity contribution in [3.8, 4) is 0 Å². The first kappa shape index (κ1) is 14.5. The predicted molar refractivity (Wildman–Crippen MR) is 79.3 cm³/mol. The standard InChI is InChI=1S/C16H26N2O/c1-13(17)15-11-18(9-10-19-15)12-16(2,3)14-7-5-4-6-8-14/h4-8,13,15H,9-12,17H2,1-3H3/t13-,15+/m1/s1. The summed E-state index contributed by atoms with van der Waals surface area (Å²) < 4.78 is 5.72. The number of morpholine rings is 1. The van der Waals surface area contributed by atoms with Gasteiger partial charge in [-0.25, -0.2) is 0 Å². The van der Waals surface area contributed by atoms with Gasteiger partial charge >= 0.3 is 0 Å². The minimum absolute atomic E-state index is 0.0997. The zero-order valence-corrected chi connectivity index (χ0v) is 12.3. The lowest BCUT2D eigenvalue weighted by Gasteiger charge is -2.39. The third kappa shape index (κ3) is 3.78. The van der Waals surface area contributed by atoms with E-state index in [1.54, 1.807) is 0 Å². The number of hydrogen-bond donors (Lipinski definition) is 1. The van der Waals surface area contributed by atoms with E-state index in [1.165, 1.54) is 5.56 Å². The molecule has 0 amide bonds. The first-order valence-corrected chi connectivity index (χ1v) is 7.14. The van der Waals surface area contributed by atoms with Crippen LogP contribution < -0.4 is 5.73 Å². The summed E-state index contributed by atoms with van der Waals surface area (Å²) in [5.41, 5.74) is 7.49. The molecule has 1 aliphatic rings. The molecular formula is C16H26N2O. The van der Waals surface area contributed by atoms with Crippen molar-refractivity contribution in [1.29, 1.82) is 0 Å². The fourth-order valence-corrected chi connectivity index (χ4v) is 2.73. The first-order valence-electron chi connectivity index (χ1n) is 7.14. The highest BCUT2D eigenvalue weighted by Gasteiger charge is 2.29. The van der Waals surface area contributed by atoms with E-state index in [4.69, 9.17) is 10.5 Å². The lowest BCUT2D eigenvalue weighted by Crippen LogP contribution is -2.52. The van der Waals surface area contributed by atoms with Gasteiger partial charge in [0.05, 0.1) is 12.7 Å². The van der Waals surface area contributed by atoms with Gasteiger partial charge in [0.2, 0.25) is 0 Å². The van der Waals surface area contributed by atoms with Crippen LogP contribution in [0, 0.1) is 0 Å². The lowest BCUT2D eigenvalue weighted by molar-refractivity contribution is -0.0424. The predicted octanol–water partition coefficient (Wildman–Crippen LogP) is 2.01. The van der Waals surface area contributed by atoms with Crippen LogP contribution in [0.2, 0.25) is 0 Å². The number of nitrogens with zero attached hydrogens (tertiary/aromatic N) is 1. The van der Waals surface area contributed by atoms with Crippen LogP contribution in [0.15, 0.2) is 30.3 Å². The maximum atomic E-state index is 5.95. The van der Waals surface area contributed by atoms with Crippen LogP contribution in [0.3, 0.4) is 0 Å². The molecule has 2 rings (SSSR count). The van der Waals surface area contributed by atoms with Crippen molar-refractivity contribution in [2.24, 2.45) is 5.73 Å². The monoisotopic (exact) mass is 262 g/mol. The molecule has 2 atom stereocenters. The van der Waals surface area contributed by atoms with Gasteiger partial charge in [0.15, 0.2) is 0 Å². The highest BCUT2D eigenvalue weighted by molar-refractivity contribution is 5.24. The van der Waals surface area contributed by atoms with Crippen molar-refractivity contribution in [1.82, 2.24) is 4.90 Å². The Balaban J connectivity index is 2.00. The molecule has 3 nitrogen and oxygen atoms in total. The molecule has 3 heteroatoms. The summed E-state index contributed by atoms with van der Waals surface area (Å²) in [4.78, 5) is 2.48. The Bertz CT molecular complexity index is 389. The van der Waals surface area contributed by atoms with E-state index in [-0.39, 0.29) is 17.6 Å². The van der Waals surface area contributed by atoms with E-state index in [0.717, 1.165) is 26.2 Å². The van der Waals surface area contributed by atoms with Crippen LogP contribution in [-0.4, -0.2) is 43.3 Å². The van der Waals surface area contributed by atoms with Gasteiger partial charge in [0.1, 0.15) is 0 Å². The molecule has 0 bridgehead atoms. The fraction of sp³-hybridized carbons (Fsp3) is 0.625. The van der Waals surface area contributed by atoms with Crippen LogP contribution >= 0.6 is 0 Å². The van der Waals surface area contributed by atoms with E-state index in [2.05, 4.69) is 49.1 Å². The third-order valence-corrected chi connectivity index (χ3v) is 3.94. The quantitative estimate of drug-likeness (QED) is 0.902. The molecular weight excluding hydrogens is 236 g/mol. The lowest BCUT2D eigenvalue weighted by atomic mass is 9.84. The molecule has 1 heterocycles. The van der Waals surface area contributed by atoms with Gasteiger partial charge in [-0.1, -0.05) is 44.2 Å². The zero-order chi connectivity index (χ0) is 13.9. The number of hydrogen-bond acceptors (Lipinski definition) is 3. The molecule has 1 aromatic rings. The topological polar surface area (TPSA) is 38.5 Å². The summed E-state index contributed by atoms with van der Waals surface area (Å²) >= 11 is 0. The number of nitrogens with two attached hydrogens (primary N) is 1. The van der Waals surface area contributed by atoms with Crippen molar-refractivity contribution < 1.29 is 4.74 Å². The largest absolute Gasteiger partial charge is 0.374 e. The maximum absolute atomic E-state index is 5.95. The molecule has 19 heavy (non-hydrogen) atoms. The molecule has 2 N–H and O–H groups in total. The van der Waals surface area contributed by atoms with Gasteiger partial charge in [0.25, 0.3) is 0 Å². The normalized spacial score (nSPS) is 23.3. The van der Waals surface area contributed by atoms with Crippen LogP contribution in [0.25, 0.3) is 0 Å². The Morgan fingerprint density at radius 1 is 1.37 bits per heavy atom. The van der Waals surface area contributed by atoms with Gasteiger partial charge in [-0.05, 0) is 12.5 Å². The molecule has 0 spiro atoms. The smallest absolute Gasteiger partial charge is 0.0850 e. The van der Waals surface area contributed by atoms with Crippen molar-refractivity contribution in [2.75, 3.05) is 26.2 Å². The molecule has 1 saturated heterocycles. The van der Waals surface area contributed by atoms with Gasteiger partial charge in [-0.2, -0.15) is 0 Å². The molecule has 1 fully saturated rings. The van der Waals surface area contributed by atoms with Crippen molar-refractivity contribution >= 4 is 0 Å². The Labute approximate surface area is 116 Å². The molecule has 0 radical (unpaired) electrons. The molecule has 1 aromatic carbocycles. The van der Waals surface area contributed by atoms with Gasteiger partial charge in [0, 0.05) is 31.1 Å². The second kappa shape index (κ2) is 6.04. The molecule has 0 unspecified atom stereocenters. The molecule has 0 aliphatic carbocycles. The molecule has 0 saturated carbocycles. The minimum Gasteiger partial charge on any atom is -0.374 e. The summed E-state index contributed by atoms with van der Waals surface area (Å²) in [6.45, 7) is 10.4. The summed E-state index contributed by atoms with van der Waals surface area (Å²) in [5.74, 6) is 0. The van der Waals surface area contributed by atoms with Crippen LogP contribution in [0.1, 0.15) is 26.3 Å². The molecule has 1 aliphatic heterocycles. The summed E-state index contributed by atoms with van der Waals surface area (Å²) in [6.07, 6.45) is 0.167. The minimum atomic E-state index is 0.0997. The summed E-state index contributed by atoms with van der Waals surface area (Å²) in [5, 5.41) is 0. The molecule has 106 valence electrons. The Morgan fingerprint density at radius 2 is 2.05 bits per heavy atom. The maximum Gasteiger partial charge on any atom is 0.0850 e. The van der Waals surface area contributed by atoms with E-state index in [9.17, 15) is 0 Å². The zero-order valence-electron chi connectivity index (χ0n) is 12.3. The second-order valence-electron chi connectivity index (χ2n) is 6.25. The average molecular weight is 262 g/mol. The fourth-order valence-electron chi connectivity index (χ4n) is 2.73. The van der Waals surface area contributed by atoms with Crippen molar-refractivity contribution in [3.05, 3.63) is 35.9 Å². The highest BCUT2D eigenvalue weighted by Crippen LogP contribution is 2.25. The van der Waals surface area contributed by atoms with Crippen LogP contribution in [0.4, 0.5) is 0 Å². The van der Waals surface area contributed by atoms with Crippen molar-refractivity contribution in [2.45, 2.75) is 38.3 Å². The van der Waals surface area contributed by atoms with E-state index in [0.29, 0.717) is 0 Å². The number of ether oxygens (including phenoxy) is 1.